The molecule has 0 atom stereocenters. The van der Waals surface area contributed by atoms with Crippen molar-refractivity contribution in [2.45, 2.75) is 25.5 Å². The normalized spacial score (nSPS) is 13.7. The quantitative estimate of drug-likeness (QED) is 0.772. The minimum Gasteiger partial charge on any atom is -0.495 e. The molecule has 0 radical (unpaired) electrons. The molecule has 1 aliphatic rings. The SMILES string of the molecule is CCSCc1ccc(C(=O)Nc2ccc(OC)c(N3CCCC3=O)c2)cc1. The molecule has 0 spiro atoms. The molecule has 1 fully saturated rings. The molecule has 1 heterocycles. The smallest absolute Gasteiger partial charge is 0.255 e. The highest BCUT2D eigenvalue weighted by Crippen LogP contribution is 2.34. The lowest BCUT2D eigenvalue weighted by molar-refractivity contribution is -0.117. The molecule has 1 saturated heterocycles. The summed E-state index contributed by atoms with van der Waals surface area (Å²) in [5, 5.41) is 2.91. The molecule has 6 heteroatoms. The number of amides is 2. The minimum atomic E-state index is -0.173. The highest BCUT2D eigenvalue weighted by Gasteiger charge is 2.25. The third-order valence-corrected chi connectivity index (χ3v) is 5.44. The van der Waals surface area contributed by atoms with E-state index in [-0.39, 0.29) is 11.8 Å². The predicted octanol–water partition coefficient (Wildman–Crippen LogP) is 4.33. The van der Waals surface area contributed by atoms with Gasteiger partial charge in [0.2, 0.25) is 5.91 Å². The summed E-state index contributed by atoms with van der Waals surface area (Å²) in [6.45, 7) is 2.80. The summed E-state index contributed by atoms with van der Waals surface area (Å²) < 4.78 is 5.39. The Bertz CT molecular complexity index is 821. The maximum absolute atomic E-state index is 12.6. The van der Waals surface area contributed by atoms with Crippen LogP contribution in [0, 0.1) is 0 Å². The van der Waals surface area contributed by atoms with Crippen LogP contribution in [0.2, 0.25) is 0 Å². The number of benzene rings is 2. The fraction of sp³-hybridized carbons (Fsp3) is 0.333. The van der Waals surface area contributed by atoms with Crippen molar-refractivity contribution in [3.05, 3.63) is 53.6 Å². The Morgan fingerprint density at radius 3 is 2.63 bits per heavy atom. The number of carbonyl (C=O) groups excluding carboxylic acids is 2. The number of carbonyl (C=O) groups is 2. The van der Waals surface area contributed by atoms with Crippen molar-refractivity contribution in [3.8, 4) is 5.75 Å². The van der Waals surface area contributed by atoms with Crippen molar-refractivity contribution < 1.29 is 14.3 Å². The topological polar surface area (TPSA) is 58.6 Å². The minimum absolute atomic E-state index is 0.0808. The molecule has 2 aromatic rings. The van der Waals surface area contributed by atoms with Crippen molar-refractivity contribution in [1.82, 2.24) is 0 Å². The van der Waals surface area contributed by atoms with E-state index in [0.717, 1.165) is 17.9 Å². The van der Waals surface area contributed by atoms with Crippen molar-refractivity contribution in [2.24, 2.45) is 0 Å². The summed E-state index contributed by atoms with van der Waals surface area (Å²) in [7, 11) is 1.58. The molecule has 0 unspecified atom stereocenters. The highest BCUT2D eigenvalue weighted by molar-refractivity contribution is 7.98. The average Bonchev–Trinajstić information content (AvgIpc) is 3.12. The molecule has 2 aromatic carbocycles. The van der Waals surface area contributed by atoms with Crippen LogP contribution in [0.3, 0.4) is 0 Å². The second kappa shape index (κ2) is 8.95. The number of nitrogens with zero attached hydrogens (tertiary/aromatic N) is 1. The van der Waals surface area contributed by atoms with Gasteiger partial charge in [0.25, 0.3) is 5.91 Å². The van der Waals surface area contributed by atoms with E-state index in [1.807, 2.05) is 36.0 Å². The Balaban J connectivity index is 1.75. The van der Waals surface area contributed by atoms with Crippen molar-refractivity contribution in [3.63, 3.8) is 0 Å². The molecule has 27 heavy (non-hydrogen) atoms. The fourth-order valence-electron chi connectivity index (χ4n) is 3.06. The van der Waals surface area contributed by atoms with Crippen LogP contribution in [0.4, 0.5) is 11.4 Å². The zero-order chi connectivity index (χ0) is 19.2. The molecule has 3 rings (SSSR count). The van der Waals surface area contributed by atoms with Crippen LogP contribution in [-0.4, -0.2) is 31.2 Å². The van der Waals surface area contributed by atoms with Gasteiger partial charge >= 0.3 is 0 Å². The van der Waals surface area contributed by atoms with Gasteiger partial charge in [0.1, 0.15) is 5.75 Å². The Hall–Kier alpha value is -2.47. The Morgan fingerprint density at radius 1 is 1.22 bits per heavy atom. The number of methoxy groups -OCH3 is 1. The van der Waals surface area contributed by atoms with Gasteiger partial charge in [0.05, 0.1) is 12.8 Å². The highest BCUT2D eigenvalue weighted by atomic mass is 32.2. The Morgan fingerprint density at radius 2 is 2.00 bits per heavy atom. The third-order valence-electron chi connectivity index (χ3n) is 4.49. The molecular formula is C21H24N2O3S. The Kier molecular flexibility index (Phi) is 6.40. The van der Waals surface area contributed by atoms with Crippen LogP contribution in [-0.2, 0) is 10.5 Å². The van der Waals surface area contributed by atoms with Crippen LogP contribution in [0.5, 0.6) is 5.75 Å². The summed E-state index contributed by atoms with van der Waals surface area (Å²) >= 11 is 1.85. The first kappa shape index (κ1) is 19.3. The van der Waals surface area contributed by atoms with Crippen molar-refractivity contribution in [1.29, 1.82) is 0 Å². The van der Waals surface area contributed by atoms with Gasteiger partial charge in [-0.1, -0.05) is 19.1 Å². The van der Waals surface area contributed by atoms with Crippen LogP contribution in [0.1, 0.15) is 35.7 Å². The Labute approximate surface area is 164 Å². The molecule has 1 aliphatic heterocycles. The molecular weight excluding hydrogens is 360 g/mol. The van der Waals surface area contributed by atoms with E-state index in [9.17, 15) is 9.59 Å². The zero-order valence-electron chi connectivity index (χ0n) is 15.7. The molecule has 5 nitrogen and oxygen atoms in total. The van der Waals surface area contributed by atoms with Crippen molar-refractivity contribution >= 4 is 35.0 Å². The lowest BCUT2D eigenvalue weighted by Crippen LogP contribution is -2.24. The first-order valence-corrected chi connectivity index (χ1v) is 10.2. The second-order valence-corrected chi connectivity index (χ2v) is 7.60. The molecule has 142 valence electrons. The van der Waals surface area contributed by atoms with E-state index in [1.54, 1.807) is 30.2 Å². The second-order valence-electron chi connectivity index (χ2n) is 6.32. The number of rotatable bonds is 7. The largest absolute Gasteiger partial charge is 0.495 e. The van der Waals surface area contributed by atoms with E-state index in [4.69, 9.17) is 4.74 Å². The number of hydrogen-bond donors (Lipinski definition) is 1. The molecule has 0 bridgehead atoms. The van der Waals surface area contributed by atoms with E-state index in [0.29, 0.717) is 35.7 Å². The van der Waals surface area contributed by atoms with Gasteiger partial charge in [-0.15, -0.1) is 0 Å². The van der Waals surface area contributed by atoms with E-state index < -0.39 is 0 Å². The maximum atomic E-state index is 12.6. The van der Waals surface area contributed by atoms with E-state index >= 15 is 0 Å². The summed E-state index contributed by atoms with van der Waals surface area (Å²) in [6.07, 6.45) is 1.38. The average molecular weight is 385 g/mol. The molecule has 1 N–H and O–H groups in total. The number of ether oxygens (including phenoxy) is 1. The van der Waals surface area contributed by atoms with Gasteiger partial charge < -0.3 is 15.0 Å². The maximum Gasteiger partial charge on any atom is 0.255 e. The fourth-order valence-corrected chi connectivity index (χ4v) is 3.69. The number of thioether (sulfide) groups is 1. The zero-order valence-corrected chi connectivity index (χ0v) is 16.5. The predicted molar refractivity (Wildman–Crippen MR) is 111 cm³/mol. The molecule has 0 aliphatic carbocycles. The van der Waals surface area contributed by atoms with E-state index in [1.165, 1.54) is 5.56 Å². The molecule has 0 aromatic heterocycles. The monoisotopic (exact) mass is 384 g/mol. The van der Waals surface area contributed by atoms with E-state index in [2.05, 4.69) is 12.2 Å². The summed E-state index contributed by atoms with van der Waals surface area (Å²) in [5.41, 5.74) is 3.15. The van der Waals surface area contributed by atoms with Crippen LogP contribution in [0.25, 0.3) is 0 Å². The number of hydrogen-bond acceptors (Lipinski definition) is 4. The van der Waals surface area contributed by atoms with Crippen molar-refractivity contribution in [2.75, 3.05) is 29.6 Å². The number of nitrogens with one attached hydrogen (secondary N) is 1. The van der Waals surface area contributed by atoms with Crippen LogP contribution >= 0.6 is 11.8 Å². The third kappa shape index (κ3) is 4.63. The molecule has 2 amide bonds. The lowest BCUT2D eigenvalue weighted by atomic mass is 10.1. The summed E-state index contributed by atoms with van der Waals surface area (Å²) in [5.74, 6) is 2.55. The van der Waals surface area contributed by atoms with Crippen LogP contribution in [0.15, 0.2) is 42.5 Å². The lowest BCUT2D eigenvalue weighted by Gasteiger charge is -2.20. The molecule has 0 saturated carbocycles. The van der Waals surface area contributed by atoms with Gasteiger partial charge in [-0.05, 0) is 48.1 Å². The summed E-state index contributed by atoms with van der Waals surface area (Å²) in [4.78, 5) is 26.4. The standard InChI is InChI=1S/C21H24N2O3S/c1-3-27-14-15-6-8-16(9-7-15)21(25)22-17-10-11-19(26-2)18(13-17)23-12-4-5-20(23)24/h6-11,13H,3-5,12,14H2,1-2H3,(H,22,25). The summed E-state index contributed by atoms with van der Waals surface area (Å²) in [6, 6.07) is 13.0. The van der Waals surface area contributed by atoms with Gasteiger partial charge in [-0.3, -0.25) is 9.59 Å². The first-order chi connectivity index (χ1) is 13.1. The van der Waals surface area contributed by atoms with Gasteiger partial charge in [0.15, 0.2) is 0 Å². The number of anilines is 2. The van der Waals surface area contributed by atoms with Gasteiger partial charge in [0, 0.05) is 30.0 Å². The van der Waals surface area contributed by atoms with Gasteiger partial charge in [-0.25, -0.2) is 0 Å². The van der Waals surface area contributed by atoms with Gasteiger partial charge in [-0.2, -0.15) is 11.8 Å². The first-order valence-electron chi connectivity index (χ1n) is 9.09. The van der Waals surface area contributed by atoms with Crippen LogP contribution < -0.4 is 15.0 Å².